The summed E-state index contributed by atoms with van der Waals surface area (Å²) in [6.45, 7) is 4.27. The number of carbonyl (C=O) groups is 1. The van der Waals surface area contributed by atoms with Gasteiger partial charge in [-0.2, -0.15) is 5.10 Å². The second kappa shape index (κ2) is 4.05. The van der Waals surface area contributed by atoms with Crippen LogP contribution in [0.5, 0.6) is 0 Å². The predicted octanol–water partition coefficient (Wildman–Crippen LogP) is 3.22. The molecule has 1 N–H and O–H groups in total. The second-order valence-corrected chi connectivity index (χ2v) is 6.75. The van der Waals surface area contributed by atoms with E-state index in [1.807, 2.05) is 6.07 Å². The SMILES string of the molecule is CC1(C)CC(=O)c2c(Cc3cccs3)n[nH]c2C1. The molecule has 1 aliphatic carbocycles. The Kier molecular flexibility index (Phi) is 2.63. The molecular formula is C14H16N2OS. The molecule has 3 nitrogen and oxygen atoms in total. The Balaban J connectivity index is 1.96. The van der Waals surface area contributed by atoms with Gasteiger partial charge in [-0.05, 0) is 23.3 Å². The fraction of sp³-hybridized carbons (Fsp3) is 0.429. The molecule has 94 valence electrons. The normalized spacial score (nSPS) is 17.8. The first-order chi connectivity index (χ1) is 8.55. The molecule has 0 fully saturated rings. The van der Waals surface area contributed by atoms with E-state index in [-0.39, 0.29) is 11.2 Å². The van der Waals surface area contributed by atoms with E-state index in [1.165, 1.54) is 4.88 Å². The van der Waals surface area contributed by atoms with Crippen molar-refractivity contribution in [2.75, 3.05) is 0 Å². The third kappa shape index (κ3) is 2.01. The van der Waals surface area contributed by atoms with Crippen LogP contribution in [0.2, 0.25) is 0 Å². The summed E-state index contributed by atoms with van der Waals surface area (Å²) in [6.07, 6.45) is 2.29. The molecule has 2 aromatic rings. The van der Waals surface area contributed by atoms with Gasteiger partial charge in [0.2, 0.25) is 0 Å². The van der Waals surface area contributed by atoms with Crippen LogP contribution in [0.15, 0.2) is 17.5 Å². The van der Waals surface area contributed by atoms with Gasteiger partial charge in [0, 0.05) is 23.4 Å². The van der Waals surface area contributed by atoms with Crippen molar-refractivity contribution in [3.8, 4) is 0 Å². The average molecular weight is 260 g/mol. The van der Waals surface area contributed by atoms with Crippen LogP contribution in [0.25, 0.3) is 0 Å². The van der Waals surface area contributed by atoms with Gasteiger partial charge in [-0.1, -0.05) is 19.9 Å². The molecule has 2 aromatic heterocycles. The van der Waals surface area contributed by atoms with Crippen molar-refractivity contribution in [2.45, 2.75) is 33.1 Å². The molecular weight excluding hydrogens is 244 g/mol. The number of nitrogens with zero attached hydrogens (tertiary/aromatic N) is 1. The molecule has 0 saturated carbocycles. The van der Waals surface area contributed by atoms with Crippen molar-refractivity contribution < 1.29 is 4.79 Å². The Hall–Kier alpha value is -1.42. The molecule has 0 bridgehead atoms. The molecule has 0 aromatic carbocycles. The van der Waals surface area contributed by atoms with Crippen LogP contribution in [0.3, 0.4) is 0 Å². The molecule has 4 heteroatoms. The zero-order valence-corrected chi connectivity index (χ0v) is 11.4. The minimum Gasteiger partial charge on any atom is -0.294 e. The molecule has 0 spiro atoms. The lowest BCUT2D eigenvalue weighted by Gasteiger charge is -2.27. The van der Waals surface area contributed by atoms with Gasteiger partial charge in [0.15, 0.2) is 5.78 Å². The number of carbonyl (C=O) groups excluding carboxylic acids is 1. The van der Waals surface area contributed by atoms with E-state index in [2.05, 4.69) is 35.5 Å². The number of thiophene rings is 1. The summed E-state index contributed by atoms with van der Waals surface area (Å²) >= 11 is 1.71. The van der Waals surface area contributed by atoms with Gasteiger partial charge in [0.25, 0.3) is 0 Å². The van der Waals surface area contributed by atoms with Crippen molar-refractivity contribution in [3.05, 3.63) is 39.3 Å². The monoisotopic (exact) mass is 260 g/mol. The van der Waals surface area contributed by atoms with Gasteiger partial charge < -0.3 is 0 Å². The standard InChI is InChI=1S/C14H16N2OS/c1-14(2)7-11-13(12(17)8-14)10(15-16-11)6-9-4-3-5-18-9/h3-5H,6-8H2,1-2H3,(H,15,16). The van der Waals surface area contributed by atoms with Crippen LogP contribution in [0, 0.1) is 5.41 Å². The number of Topliss-reactive ketones (excluding diaryl/α,β-unsaturated/α-hetero) is 1. The van der Waals surface area contributed by atoms with Gasteiger partial charge in [-0.3, -0.25) is 9.89 Å². The smallest absolute Gasteiger partial charge is 0.167 e. The summed E-state index contributed by atoms with van der Waals surface area (Å²) in [5.74, 6) is 0.238. The number of rotatable bonds is 2. The maximum Gasteiger partial charge on any atom is 0.167 e. The minimum atomic E-state index is 0.0524. The maximum absolute atomic E-state index is 12.3. The van der Waals surface area contributed by atoms with Crippen LogP contribution in [-0.4, -0.2) is 16.0 Å². The zero-order valence-electron chi connectivity index (χ0n) is 10.6. The lowest BCUT2D eigenvalue weighted by atomic mass is 9.75. The largest absolute Gasteiger partial charge is 0.294 e. The fourth-order valence-electron chi connectivity index (χ4n) is 2.65. The minimum absolute atomic E-state index is 0.0524. The first kappa shape index (κ1) is 11.7. The number of ketones is 1. The number of nitrogens with one attached hydrogen (secondary N) is 1. The van der Waals surface area contributed by atoms with Crippen LogP contribution in [-0.2, 0) is 12.8 Å². The number of aromatic amines is 1. The Bertz CT molecular complexity index is 581. The van der Waals surface area contributed by atoms with E-state index in [1.54, 1.807) is 11.3 Å². The van der Waals surface area contributed by atoms with E-state index < -0.39 is 0 Å². The molecule has 1 aliphatic rings. The first-order valence-electron chi connectivity index (χ1n) is 6.17. The van der Waals surface area contributed by atoms with Crippen molar-refractivity contribution in [1.29, 1.82) is 0 Å². The van der Waals surface area contributed by atoms with Gasteiger partial charge in [0.1, 0.15) is 0 Å². The Morgan fingerprint density at radius 3 is 3.00 bits per heavy atom. The highest BCUT2D eigenvalue weighted by atomic mass is 32.1. The Morgan fingerprint density at radius 2 is 2.28 bits per heavy atom. The van der Waals surface area contributed by atoms with Crippen molar-refractivity contribution >= 4 is 17.1 Å². The summed E-state index contributed by atoms with van der Waals surface area (Å²) in [4.78, 5) is 13.5. The van der Waals surface area contributed by atoms with Crippen molar-refractivity contribution in [2.24, 2.45) is 5.41 Å². The van der Waals surface area contributed by atoms with Crippen LogP contribution in [0.1, 0.15) is 46.9 Å². The van der Waals surface area contributed by atoms with Crippen molar-refractivity contribution in [3.63, 3.8) is 0 Å². The first-order valence-corrected chi connectivity index (χ1v) is 7.05. The number of hydrogen-bond donors (Lipinski definition) is 1. The third-order valence-electron chi connectivity index (χ3n) is 3.41. The number of aromatic nitrogens is 2. The van der Waals surface area contributed by atoms with E-state index in [0.29, 0.717) is 6.42 Å². The summed E-state index contributed by atoms with van der Waals surface area (Å²) in [6, 6.07) is 4.12. The van der Waals surface area contributed by atoms with Gasteiger partial charge in [-0.25, -0.2) is 0 Å². The van der Waals surface area contributed by atoms with E-state index in [0.717, 1.165) is 29.8 Å². The van der Waals surface area contributed by atoms with Gasteiger partial charge in [-0.15, -0.1) is 11.3 Å². The predicted molar refractivity (Wildman–Crippen MR) is 72.1 cm³/mol. The summed E-state index contributed by atoms with van der Waals surface area (Å²) in [5.41, 5.74) is 2.83. The van der Waals surface area contributed by atoms with E-state index in [4.69, 9.17) is 0 Å². The highest BCUT2D eigenvalue weighted by Gasteiger charge is 2.34. The molecule has 2 heterocycles. The lowest BCUT2D eigenvalue weighted by Crippen LogP contribution is -2.27. The quantitative estimate of drug-likeness (QED) is 0.901. The van der Waals surface area contributed by atoms with Crippen LogP contribution in [0.4, 0.5) is 0 Å². The van der Waals surface area contributed by atoms with E-state index >= 15 is 0 Å². The maximum atomic E-state index is 12.3. The third-order valence-corrected chi connectivity index (χ3v) is 4.29. The van der Waals surface area contributed by atoms with Crippen LogP contribution < -0.4 is 0 Å². The lowest BCUT2D eigenvalue weighted by molar-refractivity contribution is 0.0911. The zero-order chi connectivity index (χ0) is 12.8. The topological polar surface area (TPSA) is 45.8 Å². The number of H-pyrrole nitrogens is 1. The van der Waals surface area contributed by atoms with E-state index in [9.17, 15) is 4.79 Å². The molecule has 0 amide bonds. The van der Waals surface area contributed by atoms with Gasteiger partial charge in [0.05, 0.1) is 11.3 Å². The molecule has 0 aliphatic heterocycles. The Labute approximate surface area is 110 Å². The summed E-state index contributed by atoms with van der Waals surface area (Å²) in [5, 5.41) is 9.46. The second-order valence-electron chi connectivity index (χ2n) is 5.72. The number of fused-ring (bicyclic) bond motifs is 1. The number of hydrogen-bond acceptors (Lipinski definition) is 3. The van der Waals surface area contributed by atoms with Gasteiger partial charge >= 0.3 is 0 Å². The molecule has 0 unspecified atom stereocenters. The molecule has 18 heavy (non-hydrogen) atoms. The highest BCUT2D eigenvalue weighted by Crippen LogP contribution is 2.35. The van der Waals surface area contributed by atoms with Crippen LogP contribution >= 0.6 is 11.3 Å². The average Bonchev–Trinajstić information content (AvgIpc) is 2.87. The fourth-order valence-corrected chi connectivity index (χ4v) is 3.36. The highest BCUT2D eigenvalue weighted by molar-refractivity contribution is 7.09. The summed E-state index contributed by atoms with van der Waals surface area (Å²) in [7, 11) is 0. The summed E-state index contributed by atoms with van der Waals surface area (Å²) < 4.78 is 0. The van der Waals surface area contributed by atoms with Crippen molar-refractivity contribution in [1.82, 2.24) is 10.2 Å². The molecule has 0 atom stereocenters. The Morgan fingerprint density at radius 1 is 1.44 bits per heavy atom. The molecule has 0 radical (unpaired) electrons. The molecule has 0 saturated heterocycles. The molecule has 3 rings (SSSR count).